The monoisotopic (exact) mass is 269 g/mol. The zero-order valence-corrected chi connectivity index (χ0v) is 12.0. The van der Waals surface area contributed by atoms with Crippen molar-refractivity contribution in [3.05, 3.63) is 34.6 Å². The fraction of sp³-hybridized carbons (Fsp3) is 0.600. The van der Waals surface area contributed by atoms with Crippen molar-refractivity contribution in [2.24, 2.45) is 11.3 Å². The van der Waals surface area contributed by atoms with E-state index in [9.17, 15) is 4.39 Å². The second-order valence-corrected chi connectivity index (χ2v) is 6.32. The molecule has 1 aromatic rings. The van der Waals surface area contributed by atoms with E-state index in [1.54, 1.807) is 12.1 Å². The number of halogens is 2. The van der Waals surface area contributed by atoms with Crippen LogP contribution in [0.2, 0.25) is 5.02 Å². The van der Waals surface area contributed by atoms with E-state index in [2.05, 4.69) is 26.1 Å². The maximum absolute atomic E-state index is 13.4. The molecule has 0 amide bonds. The third-order valence-electron chi connectivity index (χ3n) is 3.98. The van der Waals surface area contributed by atoms with Crippen LogP contribution in [0, 0.1) is 17.2 Å². The van der Waals surface area contributed by atoms with Gasteiger partial charge < -0.3 is 5.32 Å². The molecule has 2 rings (SSSR count). The van der Waals surface area contributed by atoms with Crippen molar-refractivity contribution < 1.29 is 4.39 Å². The molecule has 0 saturated heterocycles. The minimum atomic E-state index is -0.320. The lowest BCUT2D eigenvalue weighted by molar-refractivity contribution is 0.409. The molecule has 0 heterocycles. The fourth-order valence-corrected chi connectivity index (χ4v) is 2.85. The van der Waals surface area contributed by atoms with Crippen LogP contribution in [0.1, 0.15) is 32.8 Å². The minimum Gasteiger partial charge on any atom is -0.314 e. The molecule has 0 spiro atoms. The molecular weight excluding hydrogens is 249 g/mol. The first kappa shape index (κ1) is 13.8. The zero-order chi connectivity index (χ0) is 13.3. The van der Waals surface area contributed by atoms with E-state index in [4.69, 9.17) is 11.6 Å². The average molecular weight is 270 g/mol. The van der Waals surface area contributed by atoms with Crippen LogP contribution < -0.4 is 5.32 Å². The van der Waals surface area contributed by atoms with Gasteiger partial charge >= 0.3 is 0 Å². The lowest BCUT2D eigenvalue weighted by atomic mass is 9.97. The topological polar surface area (TPSA) is 12.0 Å². The highest BCUT2D eigenvalue weighted by molar-refractivity contribution is 6.30. The van der Waals surface area contributed by atoms with Crippen molar-refractivity contribution in [3.8, 4) is 0 Å². The van der Waals surface area contributed by atoms with Gasteiger partial charge in [0.25, 0.3) is 0 Å². The van der Waals surface area contributed by atoms with Crippen molar-refractivity contribution >= 4 is 11.6 Å². The number of nitrogens with one attached hydrogen (secondary N) is 1. The molecule has 1 aliphatic rings. The first-order chi connectivity index (χ1) is 8.44. The fourth-order valence-electron chi connectivity index (χ4n) is 2.73. The number of benzene rings is 1. The van der Waals surface area contributed by atoms with Gasteiger partial charge in [-0.25, -0.2) is 4.39 Å². The second-order valence-electron chi connectivity index (χ2n) is 5.92. The highest BCUT2D eigenvalue weighted by Crippen LogP contribution is 2.54. The Morgan fingerprint density at radius 2 is 2.17 bits per heavy atom. The maximum Gasteiger partial charge on any atom is 0.142 e. The second kappa shape index (κ2) is 5.18. The van der Waals surface area contributed by atoms with Crippen molar-refractivity contribution in [1.29, 1.82) is 0 Å². The third-order valence-corrected chi connectivity index (χ3v) is 4.29. The standard InChI is InChI=1S/C15H21ClFN/c1-4-18-14(11-9-15(11,2)3)8-10-5-6-12(16)13(17)7-10/h5-7,11,14,18H,4,8-9H2,1-3H3. The third kappa shape index (κ3) is 3.04. The summed E-state index contributed by atoms with van der Waals surface area (Å²) in [5.41, 5.74) is 1.45. The summed E-state index contributed by atoms with van der Waals surface area (Å²) in [6, 6.07) is 5.56. The first-order valence-electron chi connectivity index (χ1n) is 6.61. The summed E-state index contributed by atoms with van der Waals surface area (Å²) in [5.74, 6) is 0.371. The van der Waals surface area contributed by atoms with Gasteiger partial charge in [0.1, 0.15) is 5.82 Å². The largest absolute Gasteiger partial charge is 0.314 e. The Kier molecular flexibility index (Phi) is 3.98. The summed E-state index contributed by atoms with van der Waals surface area (Å²) in [7, 11) is 0. The van der Waals surface area contributed by atoms with Crippen LogP contribution >= 0.6 is 11.6 Å². The summed E-state index contributed by atoms with van der Waals surface area (Å²) >= 11 is 5.71. The summed E-state index contributed by atoms with van der Waals surface area (Å²) in [6.07, 6.45) is 2.12. The zero-order valence-electron chi connectivity index (χ0n) is 11.3. The van der Waals surface area contributed by atoms with Crippen LogP contribution in [0.25, 0.3) is 0 Å². The van der Waals surface area contributed by atoms with Gasteiger partial charge in [0.2, 0.25) is 0 Å². The van der Waals surface area contributed by atoms with Gasteiger partial charge in [0, 0.05) is 6.04 Å². The van der Waals surface area contributed by atoms with E-state index in [0.717, 1.165) is 18.5 Å². The summed E-state index contributed by atoms with van der Waals surface area (Å²) in [4.78, 5) is 0. The van der Waals surface area contributed by atoms with E-state index >= 15 is 0 Å². The molecule has 0 radical (unpaired) electrons. The summed E-state index contributed by atoms with van der Waals surface area (Å²) in [5, 5.41) is 3.73. The Labute approximate surface area is 114 Å². The predicted octanol–water partition coefficient (Wildman–Crippen LogP) is 4.05. The lowest BCUT2D eigenvalue weighted by Crippen LogP contribution is -2.34. The molecule has 3 heteroatoms. The van der Waals surface area contributed by atoms with E-state index < -0.39 is 0 Å². The molecule has 1 nitrogen and oxygen atoms in total. The van der Waals surface area contributed by atoms with Gasteiger partial charge in [0.15, 0.2) is 0 Å². The van der Waals surface area contributed by atoms with Gasteiger partial charge in [-0.1, -0.05) is 38.4 Å². The molecule has 1 aromatic carbocycles. The highest BCUT2D eigenvalue weighted by Gasteiger charge is 2.49. The number of hydrogen-bond acceptors (Lipinski definition) is 1. The molecule has 0 bridgehead atoms. The van der Waals surface area contributed by atoms with Crippen molar-refractivity contribution in [2.45, 2.75) is 39.7 Å². The minimum absolute atomic E-state index is 0.200. The van der Waals surface area contributed by atoms with Crippen LogP contribution in [0.5, 0.6) is 0 Å². The Balaban J connectivity index is 2.07. The van der Waals surface area contributed by atoms with Gasteiger partial charge in [-0.3, -0.25) is 0 Å². The molecule has 100 valence electrons. The van der Waals surface area contributed by atoms with Crippen LogP contribution in [0.15, 0.2) is 18.2 Å². The van der Waals surface area contributed by atoms with Crippen LogP contribution in [0.3, 0.4) is 0 Å². The lowest BCUT2D eigenvalue weighted by Gasteiger charge is -2.20. The molecule has 0 aliphatic heterocycles. The molecule has 1 saturated carbocycles. The van der Waals surface area contributed by atoms with Gasteiger partial charge in [-0.15, -0.1) is 0 Å². The van der Waals surface area contributed by atoms with Crippen molar-refractivity contribution in [2.75, 3.05) is 6.54 Å². The quantitative estimate of drug-likeness (QED) is 0.850. The molecule has 2 atom stereocenters. The van der Waals surface area contributed by atoms with Crippen LogP contribution in [-0.2, 0) is 6.42 Å². The smallest absolute Gasteiger partial charge is 0.142 e. The van der Waals surface area contributed by atoms with Crippen LogP contribution in [-0.4, -0.2) is 12.6 Å². The molecule has 2 unspecified atom stereocenters. The number of likely N-dealkylation sites (N-methyl/N-ethyl adjacent to an activating group) is 1. The molecular formula is C15H21ClFN. The van der Waals surface area contributed by atoms with Crippen LogP contribution in [0.4, 0.5) is 4.39 Å². The van der Waals surface area contributed by atoms with Crippen molar-refractivity contribution in [3.63, 3.8) is 0 Å². The number of hydrogen-bond donors (Lipinski definition) is 1. The Morgan fingerprint density at radius 1 is 1.50 bits per heavy atom. The molecule has 0 aromatic heterocycles. The number of rotatable bonds is 5. The first-order valence-corrected chi connectivity index (χ1v) is 6.99. The Hall–Kier alpha value is -0.600. The predicted molar refractivity (Wildman–Crippen MR) is 74.5 cm³/mol. The van der Waals surface area contributed by atoms with Gasteiger partial charge in [-0.2, -0.15) is 0 Å². The van der Waals surface area contributed by atoms with E-state index in [1.165, 1.54) is 6.42 Å². The normalized spacial score (nSPS) is 22.8. The van der Waals surface area contributed by atoms with Gasteiger partial charge in [-0.05, 0) is 48.4 Å². The molecule has 1 N–H and O–H groups in total. The van der Waals surface area contributed by atoms with E-state index in [0.29, 0.717) is 17.4 Å². The van der Waals surface area contributed by atoms with E-state index in [1.807, 2.05) is 6.07 Å². The van der Waals surface area contributed by atoms with E-state index in [-0.39, 0.29) is 10.8 Å². The highest BCUT2D eigenvalue weighted by atomic mass is 35.5. The van der Waals surface area contributed by atoms with Crippen molar-refractivity contribution in [1.82, 2.24) is 5.32 Å². The maximum atomic E-state index is 13.4. The summed E-state index contributed by atoms with van der Waals surface area (Å²) in [6.45, 7) is 7.66. The average Bonchev–Trinajstić information content (AvgIpc) is 2.92. The summed E-state index contributed by atoms with van der Waals surface area (Å²) < 4.78 is 13.4. The molecule has 1 aliphatic carbocycles. The molecule has 18 heavy (non-hydrogen) atoms. The Bertz CT molecular complexity index is 431. The SMILES string of the molecule is CCNC(Cc1ccc(Cl)c(F)c1)C1CC1(C)C. The van der Waals surface area contributed by atoms with Gasteiger partial charge in [0.05, 0.1) is 5.02 Å². The Morgan fingerprint density at radius 3 is 2.67 bits per heavy atom. The molecule has 1 fully saturated rings.